The van der Waals surface area contributed by atoms with Crippen molar-refractivity contribution < 1.29 is 20.1 Å². The fourth-order valence-corrected chi connectivity index (χ4v) is 7.75. The third-order valence-electron chi connectivity index (χ3n) is 11.5. The maximum Gasteiger partial charge on any atom is 0.220 e. The molecule has 5 heteroatoms. The van der Waals surface area contributed by atoms with E-state index in [1.54, 1.807) is 0 Å². The molecule has 1 amide bonds. The maximum absolute atomic E-state index is 12.4. The lowest BCUT2D eigenvalue weighted by Crippen LogP contribution is -2.50. The van der Waals surface area contributed by atoms with Crippen molar-refractivity contribution in [3.63, 3.8) is 0 Å². The molecule has 0 aliphatic heterocycles. The lowest BCUT2D eigenvalue weighted by Gasteiger charge is -2.26. The summed E-state index contributed by atoms with van der Waals surface area (Å²) >= 11 is 0. The average molecular weight is 738 g/mol. The Morgan fingerprint density at radius 2 is 0.654 bits per heavy atom. The Hall–Kier alpha value is -0.650. The summed E-state index contributed by atoms with van der Waals surface area (Å²) in [5.41, 5.74) is 0. The zero-order valence-electron chi connectivity index (χ0n) is 35.5. The van der Waals surface area contributed by atoms with Gasteiger partial charge in [0.25, 0.3) is 0 Å². The molecular formula is C47H95NO4. The van der Waals surface area contributed by atoms with E-state index in [1.165, 1.54) is 212 Å². The second-order valence-corrected chi connectivity index (χ2v) is 16.7. The predicted octanol–water partition coefficient (Wildman–Crippen LogP) is 13.8. The molecule has 0 bridgehead atoms. The van der Waals surface area contributed by atoms with Crippen LogP contribution in [0, 0.1) is 0 Å². The zero-order valence-corrected chi connectivity index (χ0v) is 35.5. The number of rotatable bonds is 44. The van der Waals surface area contributed by atoms with Gasteiger partial charge in [0.05, 0.1) is 18.8 Å². The molecule has 0 fully saturated rings. The molecule has 0 aliphatic rings. The van der Waals surface area contributed by atoms with E-state index < -0.39 is 18.2 Å². The standard InChI is InChI=1S/C47H95NO4/c1-3-5-7-9-11-13-15-17-18-19-20-21-22-23-24-25-26-27-28-30-32-34-36-38-40-42-46(51)48-44(43-49)47(52)45(50)41-39-37-35-33-31-29-16-14-12-10-8-6-4-2/h44-45,47,49-50,52H,3-43H2,1-2H3,(H,48,51)/t44-,45+,47-/m0/s1. The lowest BCUT2D eigenvalue weighted by atomic mass is 9.99. The number of aliphatic hydroxyl groups excluding tert-OH is 3. The smallest absolute Gasteiger partial charge is 0.220 e. The fraction of sp³-hybridized carbons (Fsp3) is 0.979. The van der Waals surface area contributed by atoms with E-state index in [4.69, 9.17) is 0 Å². The molecule has 0 unspecified atom stereocenters. The minimum atomic E-state index is -1.13. The summed E-state index contributed by atoms with van der Waals surface area (Å²) in [6.45, 7) is 4.20. The number of carbonyl (C=O) groups excluding carboxylic acids is 1. The highest BCUT2D eigenvalue weighted by Gasteiger charge is 2.26. The predicted molar refractivity (Wildman–Crippen MR) is 227 cm³/mol. The molecular weight excluding hydrogens is 643 g/mol. The van der Waals surface area contributed by atoms with Gasteiger partial charge in [-0.2, -0.15) is 0 Å². The summed E-state index contributed by atoms with van der Waals surface area (Å²) in [4.78, 5) is 12.4. The SMILES string of the molecule is CCCCCCCCCCCCCCCCCCCCCCCCCCCC(=O)N[C@@H](CO)[C@H](O)[C@H](O)CCCCCCCCCCCCCCC. The minimum Gasteiger partial charge on any atom is -0.394 e. The van der Waals surface area contributed by atoms with E-state index in [0.29, 0.717) is 12.8 Å². The molecule has 312 valence electrons. The van der Waals surface area contributed by atoms with Gasteiger partial charge < -0.3 is 20.6 Å². The van der Waals surface area contributed by atoms with Crippen molar-refractivity contribution in [3.05, 3.63) is 0 Å². The van der Waals surface area contributed by atoms with Gasteiger partial charge in [0.2, 0.25) is 5.91 Å². The lowest BCUT2D eigenvalue weighted by molar-refractivity contribution is -0.124. The van der Waals surface area contributed by atoms with Crippen LogP contribution in [0.1, 0.15) is 271 Å². The maximum atomic E-state index is 12.4. The van der Waals surface area contributed by atoms with Crippen molar-refractivity contribution in [2.75, 3.05) is 6.61 Å². The first-order valence-corrected chi connectivity index (χ1v) is 23.8. The van der Waals surface area contributed by atoms with E-state index >= 15 is 0 Å². The largest absolute Gasteiger partial charge is 0.394 e. The molecule has 4 N–H and O–H groups in total. The molecule has 5 nitrogen and oxygen atoms in total. The number of hydrogen-bond donors (Lipinski definition) is 4. The third-order valence-corrected chi connectivity index (χ3v) is 11.5. The van der Waals surface area contributed by atoms with Crippen LogP contribution in [0.15, 0.2) is 0 Å². The minimum absolute atomic E-state index is 0.139. The van der Waals surface area contributed by atoms with Gasteiger partial charge in [0, 0.05) is 6.42 Å². The monoisotopic (exact) mass is 738 g/mol. The highest BCUT2D eigenvalue weighted by molar-refractivity contribution is 5.76. The number of carbonyl (C=O) groups is 1. The molecule has 0 saturated heterocycles. The summed E-state index contributed by atoms with van der Waals surface area (Å²) in [5.74, 6) is -0.139. The van der Waals surface area contributed by atoms with Crippen molar-refractivity contribution in [3.8, 4) is 0 Å². The van der Waals surface area contributed by atoms with Crippen LogP contribution in [0.3, 0.4) is 0 Å². The Kier molecular flexibility index (Phi) is 42.5. The Labute approximate surface area is 326 Å². The van der Waals surface area contributed by atoms with E-state index in [0.717, 1.165) is 32.1 Å². The number of nitrogens with one attached hydrogen (secondary N) is 1. The topological polar surface area (TPSA) is 89.8 Å². The second-order valence-electron chi connectivity index (χ2n) is 16.7. The highest BCUT2D eigenvalue weighted by Crippen LogP contribution is 2.17. The van der Waals surface area contributed by atoms with Crippen LogP contribution in [0.2, 0.25) is 0 Å². The molecule has 0 saturated carbocycles. The van der Waals surface area contributed by atoms with Gasteiger partial charge in [-0.1, -0.05) is 251 Å². The van der Waals surface area contributed by atoms with Crippen molar-refractivity contribution in [1.82, 2.24) is 5.32 Å². The van der Waals surface area contributed by atoms with Crippen LogP contribution in [-0.4, -0.2) is 46.1 Å². The van der Waals surface area contributed by atoms with Crippen LogP contribution in [0.4, 0.5) is 0 Å². The number of amides is 1. The Balaban J connectivity index is 3.51. The van der Waals surface area contributed by atoms with Gasteiger partial charge in [0.15, 0.2) is 0 Å². The highest BCUT2D eigenvalue weighted by atomic mass is 16.3. The Bertz CT molecular complexity index is 688. The van der Waals surface area contributed by atoms with E-state index in [9.17, 15) is 20.1 Å². The fourth-order valence-electron chi connectivity index (χ4n) is 7.75. The molecule has 0 aromatic carbocycles. The Morgan fingerprint density at radius 3 is 0.923 bits per heavy atom. The number of aliphatic hydroxyl groups is 3. The molecule has 0 aliphatic carbocycles. The third kappa shape index (κ3) is 37.7. The van der Waals surface area contributed by atoms with Crippen molar-refractivity contribution in [1.29, 1.82) is 0 Å². The molecule has 0 spiro atoms. The van der Waals surface area contributed by atoms with Crippen molar-refractivity contribution in [2.24, 2.45) is 0 Å². The van der Waals surface area contributed by atoms with Gasteiger partial charge in [-0.15, -0.1) is 0 Å². The van der Waals surface area contributed by atoms with Gasteiger partial charge in [-0.05, 0) is 12.8 Å². The van der Waals surface area contributed by atoms with Gasteiger partial charge in [0.1, 0.15) is 6.10 Å². The van der Waals surface area contributed by atoms with E-state index in [-0.39, 0.29) is 12.5 Å². The zero-order chi connectivity index (χ0) is 38.0. The van der Waals surface area contributed by atoms with Crippen LogP contribution in [0.25, 0.3) is 0 Å². The summed E-state index contributed by atoms with van der Waals surface area (Å²) in [6.07, 6.45) is 49.4. The van der Waals surface area contributed by atoms with Gasteiger partial charge in [-0.25, -0.2) is 0 Å². The number of unbranched alkanes of at least 4 members (excludes halogenated alkanes) is 36. The molecule has 0 rings (SSSR count). The normalized spacial score (nSPS) is 13.4. The van der Waals surface area contributed by atoms with Crippen LogP contribution in [0.5, 0.6) is 0 Å². The molecule has 0 radical (unpaired) electrons. The number of hydrogen-bond acceptors (Lipinski definition) is 4. The van der Waals surface area contributed by atoms with Crippen LogP contribution >= 0.6 is 0 Å². The first-order valence-electron chi connectivity index (χ1n) is 23.8. The summed E-state index contributed by atoms with van der Waals surface area (Å²) in [6, 6.07) is -0.802. The summed E-state index contributed by atoms with van der Waals surface area (Å²) in [5, 5.41) is 33.6. The van der Waals surface area contributed by atoms with Crippen molar-refractivity contribution in [2.45, 2.75) is 289 Å². The molecule has 0 aromatic rings. The molecule has 3 atom stereocenters. The average Bonchev–Trinajstić information content (AvgIpc) is 3.15. The van der Waals surface area contributed by atoms with Gasteiger partial charge in [-0.3, -0.25) is 4.79 Å². The quantitative estimate of drug-likeness (QED) is 0.0469. The van der Waals surface area contributed by atoms with E-state index in [1.807, 2.05) is 0 Å². The van der Waals surface area contributed by atoms with Crippen molar-refractivity contribution >= 4 is 5.91 Å². The first kappa shape index (κ1) is 51.4. The molecule has 0 heterocycles. The molecule has 0 aromatic heterocycles. The second kappa shape index (κ2) is 43.1. The Morgan fingerprint density at radius 1 is 0.404 bits per heavy atom. The van der Waals surface area contributed by atoms with Gasteiger partial charge >= 0.3 is 0 Å². The first-order chi connectivity index (χ1) is 25.6. The molecule has 52 heavy (non-hydrogen) atoms. The van der Waals surface area contributed by atoms with Crippen LogP contribution in [-0.2, 0) is 4.79 Å². The summed E-state index contributed by atoms with van der Waals surface area (Å²) < 4.78 is 0. The van der Waals surface area contributed by atoms with E-state index in [2.05, 4.69) is 19.2 Å². The van der Waals surface area contributed by atoms with Crippen LogP contribution < -0.4 is 5.32 Å². The summed E-state index contributed by atoms with van der Waals surface area (Å²) in [7, 11) is 0.